The Hall–Kier alpha value is -2.54. The molecule has 0 aliphatic rings. The molecule has 3 rings (SSSR count). The highest BCUT2D eigenvalue weighted by Crippen LogP contribution is 2.20. The van der Waals surface area contributed by atoms with Crippen LogP contribution in [0, 0.1) is 6.92 Å². The Kier molecular flexibility index (Phi) is 5.18. The topological polar surface area (TPSA) is 68.1 Å². The van der Waals surface area contributed by atoms with E-state index in [0.29, 0.717) is 17.8 Å². The summed E-state index contributed by atoms with van der Waals surface area (Å²) in [7, 11) is 1.72. The van der Waals surface area contributed by atoms with Crippen molar-refractivity contribution in [2.45, 2.75) is 39.8 Å². The van der Waals surface area contributed by atoms with Crippen LogP contribution in [0.3, 0.4) is 0 Å². The van der Waals surface area contributed by atoms with E-state index < -0.39 is 0 Å². The molecule has 0 saturated carbocycles. The number of aromatic nitrogens is 3. The van der Waals surface area contributed by atoms with Crippen molar-refractivity contribution < 1.29 is 4.79 Å². The van der Waals surface area contributed by atoms with E-state index >= 15 is 0 Å². The minimum atomic E-state index is -0.247. The molecule has 0 atom stereocenters. The van der Waals surface area contributed by atoms with Gasteiger partial charge in [-0.05, 0) is 13.0 Å². The molecule has 0 N–H and O–H groups in total. The molecule has 136 valence electrons. The second-order valence-corrected chi connectivity index (χ2v) is 7.57. The maximum atomic E-state index is 12.6. The highest BCUT2D eigenvalue weighted by molar-refractivity contribution is 7.09. The average molecular weight is 370 g/mol. The summed E-state index contributed by atoms with van der Waals surface area (Å²) in [5, 5.41) is 8.73. The predicted molar refractivity (Wildman–Crippen MR) is 103 cm³/mol. The highest BCUT2D eigenvalue weighted by atomic mass is 32.1. The number of fused-ring (bicyclic) bond motifs is 1. The van der Waals surface area contributed by atoms with E-state index in [-0.39, 0.29) is 18.0 Å². The number of aryl methyl sites for hydroxylation is 1. The number of nitrogens with zero attached hydrogens (tertiary/aromatic N) is 4. The van der Waals surface area contributed by atoms with Crippen molar-refractivity contribution in [2.24, 2.45) is 0 Å². The number of amides is 1. The summed E-state index contributed by atoms with van der Waals surface area (Å²) in [5.41, 5.74) is 1.35. The van der Waals surface area contributed by atoms with Gasteiger partial charge in [-0.15, -0.1) is 11.3 Å². The molecule has 6 nitrogen and oxygen atoms in total. The predicted octanol–water partition coefficient (Wildman–Crippen LogP) is 2.94. The van der Waals surface area contributed by atoms with Gasteiger partial charge in [-0.2, -0.15) is 5.10 Å². The summed E-state index contributed by atoms with van der Waals surface area (Å²) >= 11 is 1.60. The van der Waals surface area contributed by atoms with Crippen molar-refractivity contribution >= 4 is 28.0 Å². The fourth-order valence-corrected chi connectivity index (χ4v) is 3.58. The Morgan fingerprint density at radius 3 is 2.62 bits per heavy atom. The second-order valence-electron chi connectivity index (χ2n) is 6.68. The van der Waals surface area contributed by atoms with Crippen LogP contribution < -0.4 is 5.56 Å². The second kappa shape index (κ2) is 7.37. The van der Waals surface area contributed by atoms with Gasteiger partial charge in [0, 0.05) is 23.7 Å². The lowest BCUT2D eigenvalue weighted by Crippen LogP contribution is -2.35. The smallest absolute Gasteiger partial charge is 0.275 e. The van der Waals surface area contributed by atoms with Crippen LogP contribution in [-0.4, -0.2) is 32.6 Å². The number of benzene rings is 1. The molecule has 0 bridgehead atoms. The summed E-state index contributed by atoms with van der Waals surface area (Å²) < 4.78 is 1.25. The highest BCUT2D eigenvalue weighted by Gasteiger charge is 2.16. The van der Waals surface area contributed by atoms with Crippen molar-refractivity contribution in [3.05, 3.63) is 56.4 Å². The molecule has 2 heterocycles. The normalized spacial score (nSPS) is 11.3. The molecule has 0 saturated heterocycles. The molecular formula is C19H22N4O2S. The van der Waals surface area contributed by atoms with Gasteiger partial charge in [0.05, 0.1) is 28.3 Å². The molecule has 0 radical (unpaired) electrons. The van der Waals surface area contributed by atoms with E-state index in [1.165, 1.54) is 4.68 Å². The van der Waals surface area contributed by atoms with E-state index in [9.17, 15) is 9.59 Å². The number of likely N-dealkylation sites (N-methyl/N-ethyl adjacent to an activating group) is 1. The Morgan fingerprint density at radius 1 is 1.27 bits per heavy atom. The molecular weight excluding hydrogens is 348 g/mol. The van der Waals surface area contributed by atoms with Crippen LogP contribution in [0.5, 0.6) is 0 Å². The number of carbonyl (C=O) groups excluding carboxylic acids is 1. The van der Waals surface area contributed by atoms with Crippen LogP contribution in [0.2, 0.25) is 0 Å². The first-order chi connectivity index (χ1) is 12.4. The molecule has 7 heteroatoms. The van der Waals surface area contributed by atoms with Gasteiger partial charge in [0.2, 0.25) is 5.91 Å². The first-order valence-electron chi connectivity index (χ1n) is 8.51. The maximum absolute atomic E-state index is 12.6. The number of carbonyl (C=O) groups is 1. The van der Waals surface area contributed by atoms with E-state index in [0.717, 1.165) is 21.8 Å². The molecule has 0 aliphatic carbocycles. The lowest BCUT2D eigenvalue weighted by molar-refractivity contribution is -0.131. The summed E-state index contributed by atoms with van der Waals surface area (Å²) in [6, 6.07) is 7.32. The fraction of sp³-hybridized carbons (Fsp3) is 0.368. The van der Waals surface area contributed by atoms with Gasteiger partial charge < -0.3 is 4.90 Å². The van der Waals surface area contributed by atoms with Crippen molar-refractivity contribution in [2.75, 3.05) is 7.05 Å². The van der Waals surface area contributed by atoms with E-state index in [4.69, 9.17) is 0 Å². The maximum Gasteiger partial charge on any atom is 0.275 e. The van der Waals surface area contributed by atoms with Gasteiger partial charge in [-0.3, -0.25) is 9.59 Å². The lowest BCUT2D eigenvalue weighted by atomic mass is 10.1. The third-order valence-corrected chi connectivity index (χ3v) is 5.42. The molecule has 2 aromatic heterocycles. The summed E-state index contributed by atoms with van der Waals surface area (Å²) in [5.74, 6) is 0.200. The SMILES string of the molecule is Cc1nn(CC(=O)N(C)Cc2csc(C(C)C)n2)c(=O)c2ccccc12. The molecule has 0 unspecified atom stereocenters. The molecule has 0 aliphatic heterocycles. The van der Waals surface area contributed by atoms with Gasteiger partial charge in [0.1, 0.15) is 6.54 Å². The zero-order valence-electron chi connectivity index (χ0n) is 15.4. The fourth-order valence-electron chi connectivity index (χ4n) is 2.75. The van der Waals surface area contributed by atoms with Gasteiger partial charge >= 0.3 is 0 Å². The molecule has 3 aromatic rings. The largest absolute Gasteiger partial charge is 0.338 e. The van der Waals surface area contributed by atoms with Gasteiger partial charge in [0.25, 0.3) is 5.56 Å². The van der Waals surface area contributed by atoms with Crippen LogP contribution in [0.4, 0.5) is 0 Å². The van der Waals surface area contributed by atoms with Crippen molar-refractivity contribution in [1.29, 1.82) is 0 Å². The summed E-state index contributed by atoms with van der Waals surface area (Å²) in [6.45, 7) is 6.37. The first kappa shape index (κ1) is 18.3. The minimum Gasteiger partial charge on any atom is -0.338 e. The average Bonchev–Trinajstić information content (AvgIpc) is 3.08. The Morgan fingerprint density at radius 2 is 1.96 bits per heavy atom. The van der Waals surface area contributed by atoms with E-state index in [2.05, 4.69) is 23.9 Å². The standard InChI is InChI=1S/C19H22N4O2S/c1-12(2)18-20-14(11-26-18)9-22(4)17(24)10-23-19(25)16-8-6-5-7-15(16)13(3)21-23/h5-8,11-12H,9-10H2,1-4H3. The van der Waals surface area contributed by atoms with Crippen LogP contribution in [0.25, 0.3) is 10.8 Å². The van der Waals surface area contributed by atoms with Gasteiger partial charge in [0.15, 0.2) is 0 Å². The van der Waals surface area contributed by atoms with E-state index in [1.54, 1.807) is 29.4 Å². The Labute approximate surface area is 156 Å². The van der Waals surface area contributed by atoms with Gasteiger partial charge in [-0.25, -0.2) is 9.67 Å². The van der Waals surface area contributed by atoms with Crippen molar-refractivity contribution in [3.63, 3.8) is 0 Å². The molecule has 1 amide bonds. The summed E-state index contributed by atoms with van der Waals surface area (Å²) in [6.07, 6.45) is 0. The Bertz CT molecular complexity index is 1010. The minimum absolute atomic E-state index is 0.0812. The quantitative estimate of drug-likeness (QED) is 0.692. The van der Waals surface area contributed by atoms with Crippen molar-refractivity contribution in [1.82, 2.24) is 19.7 Å². The number of rotatable bonds is 5. The molecule has 1 aromatic carbocycles. The van der Waals surface area contributed by atoms with Crippen molar-refractivity contribution in [3.8, 4) is 0 Å². The van der Waals surface area contributed by atoms with Gasteiger partial charge in [-0.1, -0.05) is 32.0 Å². The first-order valence-corrected chi connectivity index (χ1v) is 9.39. The third-order valence-electron chi connectivity index (χ3n) is 4.23. The zero-order valence-corrected chi connectivity index (χ0v) is 16.2. The van der Waals surface area contributed by atoms with Crippen LogP contribution in [-0.2, 0) is 17.9 Å². The third kappa shape index (κ3) is 3.67. The van der Waals surface area contributed by atoms with Crippen LogP contribution in [0.1, 0.15) is 36.2 Å². The molecule has 26 heavy (non-hydrogen) atoms. The number of hydrogen-bond donors (Lipinski definition) is 0. The van der Waals surface area contributed by atoms with Crippen LogP contribution >= 0.6 is 11.3 Å². The van der Waals surface area contributed by atoms with E-state index in [1.807, 2.05) is 30.5 Å². The lowest BCUT2D eigenvalue weighted by Gasteiger charge is -2.17. The summed E-state index contributed by atoms with van der Waals surface area (Å²) in [4.78, 5) is 31.3. The molecule has 0 fully saturated rings. The number of thiazole rings is 1. The Balaban J connectivity index is 1.77. The zero-order chi connectivity index (χ0) is 18.8. The van der Waals surface area contributed by atoms with Crippen LogP contribution in [0.15, 0.2) is 34.4 Å². The number of hydrogen-bond acceptors (Lipinski definition) is 5. The molecule has 0 spiro atoms. The monoisotopic (exact) mass is 370 g/mol.